The Kier molecular flexibility index (Phi) is 2.48. The number of nitrogens with two attached hydrogens (primary N) is 1. The summed E-state index contributed by atoms with van der Waals surface area (Å²) >= 11 is 0. The molecule has 2 atom stereocenters. The molecule has 0 saturated heterocycles. The first-order chi connectivity index (χ1) is 9.49. The van der Waals surface area contributed by atoms with Crippen molar-refractivity contribution in [3.05, 3.63) is 41.0 Å². The first-order valence-electron chi connectivity index (χ1n) is 6.17. The van der Waals surface area contributed by atoms with E-state index < -0.39 is 11.2 Å². The molecule has 0 aliphatic carbocycles. The fourth-order valence-electron chi connectivity index (χ4n) is 2.99. The number of carbonyl (C=O) groups is 1. The van der Waals surface area contributed by atoms with Gasteiger partial charge in [0, 0.05) is 12.1 Å². The highest BCUT2D eigenvalue weighted by molar-refractivity contribution is 6.09. The SMILES string of the molecule is CC1C[C@@]2(C(=O)Nc3ccc(F)cc32)C(C#N)=C(N)O1. The van der Waals surface area contributed by atoms with Crippen LogP contribution in [-0.2, 0) is 14.9 Å². The largest absolute Gasteiger partial charge is 0.476 e. The maximum Gasteiger partial charge on any atom is 0.240 e. The topological polar surface area (TPSA) is 88.1 Å². The van der Waals surface area contributed by atoms with Gasteiger partial charge in [-0.2, -0.15) is 5.26 Å². The molecule has 5 nitrogen and oxygen atoms in total. The van der Waals surface area contributed by atoms with E-state index in [4.69, 9.17) is 10.5 Å². The van der Waals surface area contributed by atoms with E-state index in [1.807, 2.05) is 6.07 Å². The summed E-state index contributed by atoms with van der Waals surface area (Å²) in [4.78, 5) is 12.4. The van der Waals surface area contributed by atoms with Crippen LogP contribution >= 0.6 is 0 Å². The number of fused-ring (bicyclic) bond motifs is 2. The third-order valence-corrected chi connectivity index (χ3v) is 3.78. The molecule has 1 amide bonds. The Labute approximate surface area is 114 Å². The molecule has 0 fully saturated rings. The van der Waals surface area contributed by atoms with Crippen LogP contribution in [0.1, 0.15) is 18.9 Å². The first kappa shape index (κ1) is 12.5. The van der Waals surface area contributed by atoms with Gasteiger partial charge in [0.1, 0.15) is 22.9 Å². The highest BCUT2D eigenvalue weighted by atomic mass is 19.1. The summed E-state index contributed by atoms with van der Waals surface area (Å²) in [5, 5.41) is 12.0. The molecule has 0 bridgehead atoms. The van der Waals surface area contributed by atoms with Crippen molar-refractivity contribution in [3.8, 4) is 6.07 Å². The van der Waals surface area contributed by atoms with Gasteiger partial charge in [0.15, 0.2) is 5.88 Å². The smallest absolute Gasteiger partial charge is 0.240 e. The van der Waals surface area contributed by atoms with Gasteiger partial charge in [-0.25, -0.2) is 4.39 Å². The van der Waals surface area contributed by atoms with Crippen molar-refractivity contribution >= 4 is 11.6 Å². The molecule has 6 heteroatoms. The molecule has 2 aliphatic heterocycles. The van der Waals surface area contributed by atoms with Crippen LogP contribution in [0, 0.1) is 17.1 Å². The number of halogens is 1. The molecule has 20 heavy (non-hydrogen) atoms. The van der Waals surface area contributed by atoms with Crippen LogP contribution < -0.4 is 11.1 Å². The van der Waals surface area contributed by atoms with Crippen molar-refractivity contribution in [3.63, 3.8) is 0 Å². The van der Waals surface area contributed by atoms with Gasteiger partial charge in [-0.15, -0.1) is 0 Å². The summed E-state index contributed by atoms with van der Waals surface area (Å²) in [5.74, 6) is -0.902. The third-order valence-electron chi connectivity index (χ3n) is 3.78. The van der Waals surface area contributed by atoms with E-state index in [2.05, 4.69) is 5.32 Å². The predicted octanol–water partition coefficient (Wildman–Crippen LogP) is 1.52. The molecule has 102 valence electrons. The first-order valence-corrected chi connectivity index (χ1v) is 6.17. The van der Waals surface area contributed by atoms with Crippen LogP contribution in [0.5, 0.6) is 0 Å². The molecule has 2 aliphatic rings. The van der Waals surface area contributed by atoms with E-state index in [0.717, 1.165) is 0 Å². The number of anilines is 1. The zero-order valence-corrected chi connectivity index (χ0v) is 10.7. The molecule has 0 saturated carbocycles. The monoisotopic (exact) mass is 273 g/mol. The second kappa shape index (κ2) is 3.97. The van der Waals surface area contributed by atoms with Gasteiger partial charge < -0.3 is 15.8 Å². The molecule has 1 aromatic rings. The normalized spacial score (nSPS) is 27.9. The number of amides is 1. The minimum Gasteiger partial charge on any atom is -0.476 e. The number of hydrogen-bond acceptors (Lipinski definition) is 4. The van der Waals surface area contributed by atoms with Gasteiger partial charge in [0.2, 0.25) is 5.91 Å². The molecular formula is C14H12FN3O2. The van der Waals surface area contributed by atoms with E-state index >= 15 is 0 Å². The van der Waals surface area contributed by atoms with Crippen LogP contribution in [0.15, 0.2) is 29.7 Å². The summed E-state index contributed by atoms with van der Waals surface area (Å²) < 4.78 is 18.9. The Balaban J connectivity index is 2.32. The fourth-order valence-corrected chi connectivity index (χ4v) is 2.99. The van der Waals surface area contributed by atoms with Gasteiger partial charge in [-0.05, 0) is 30.7 Å². The lowest BCUT2D eigenvalue weighted by molar-refractivity contribution is -0.121. The Morgan fingerprint density at radius 1 is 1.60 bits per heavy atom. The highest BCUT2D eigenvalue weighted by Gasteiger charge is 2.54. The molecule has 1 aromatic carbocycles. The number of rotatable bonds is 0. The van der Waals surface area contributed by atoms with Gasteiger partial charge in [-0.1, -0.05) is 0 Å². The number of ether oxygens (including phenoxy) is 1. The highest BCUT2D eigenvalue weighted by Crippen LogP contribution is 2.49. The average Bonchev–Trinajstić information content (AvgIpc) is 2.63. The number of hydrogen-bond donors (Lipinski definition) is 2. The van der Waals surface area contributed by atoms with Gasteiger partial charge in [0.05, 0.1) is 6.10 Å². The number of nitrogens with one attached hydrogen (secondary N) is 1. The van der Waals surface area contributed by atoms with E-state index in [1.165, 1.54) is 18.2 Å². The van der Waals surface area contributed by atoms with Crippen molar-refractivity contribution in [1.29, 1.82) is 5.26 Å². The molecule has 2 heterocycles. The summed E-state index contributed by atoms with van der Waals surface area (Å²) in [6, 6.07) is 5.97. The quantitative estimate of drug-likeness (QED) is 0.750. The third kappa shape index (κ3) is 1.43. The minimum absolute atomic E-state index is 0.0393. The number of nitrogens with zero attached hydrogens (tertiary/aromatic N) is 1. The second-order valence-electron chi connectivity index (χ2n) is 5.03. The summed E-state index contributed by atoms with van der Waals surface area (Å²) in [6.45, 7) is 1.76. The van der Waals surface area contributed by atoms with E-state index in [9.17, 15) is 14.4 Å². The average molecular weight is 273 g/mol. The zero-order chi connectivity index (χ0) is 14.5. The molecule has 0 radical (unpaired) electrons. The number of carbonyl (C=O) groups excluding carboxylic acids is 1. The van der Waals surface area contributed by atoms with E-state index in [-0.39, 0.29) is 29.9 Å². The molecule has 3 N–H and O–H groups in total. The Morgan fingerprint density at radius 3 is 3.05 bits per heavy atom. The predicted molar refractivity (Wildman–Crippen MR) is 68.7 cm³/mol. The van der Waals surface area contributed by atoms with Crippen molar-refractivity contribution in [2.45, 2.75) is 24.9 Å². The van der Waals surface area contributed by atoms with E-state index in [1.54, 1.807) is 6.92 Å². The maximum absolute atomic E-state index is 13.6. The Morgan fingerprint density at radius 2 is 2.35 bits per heavy atom. The minimum atomic E-state index is -1.26. The second-order valence-corrected chi connectivity index (χ2v) is 5.03. The van der Waals surface area contributed by atoms with Crippen molar-refractivity contribution < 1.29 is 13.9 Å². The molecular weight excluding hydrogens is 261 g/mol. The van der Waals surface area contributed by atoms with Crippen LogP contribution in [0.25, 0.3) is 0 Å². The van der Waals surface area contributed by atoms with Crippen LogP contribution in [-0.4, -0.2) is 12.0 Å². The van der Waals surface area contributed by atoms with Gasteiger partial charge >= 0.3 is 0 Å². The van der Waals surface area contributed by atoms with Crippen LogP contribution in [0.3, 0.4) is 0 Å². The Bertz CT molecular complexity index is 692. The zero-order valence-electron chi connectivity index (χ0n) is 10.7. The summed E-state index contributed by atoms with van der Waals surface area (Å²) in [5.41, 5.74) is 5.48. The lowest BCUT2D eigenvalue weighted by Crippen LogP contribution is -2.44. The van der Waals surface area contributed by atoms with Crippen molar-refractivity contribution in [1.82, 2.24) is 0 Å². The molecule has 3 rings (SSSR count). The fraction of sp³-hybridized carbons (Fsp3) is 0.286. The van der Waals surface area contributed by atoms with Crippen LogP contribution in [0.2, 0.25) is 0 Å². The molecule has 0 aromatic heterocycles. The van der Waals surface area contributed by atoms with Gasteiger partial charge in [-0.3, -0.25) is 4.79 Å². The number of benzene rings is 1. The lowest BCUT2D eigenvalue weighted by atomic mass is 9.70. The van der Waals surface area contributed by atoms with Crippen molar-refractivity contribution in [2.75, 3.05) is 5.32 Å². The van der Waals surface area contributed by atoms with Crippen LogP contribution in [0.4, 0.5) is 10.1 Å². The van der Waals surface area contributed by atoms with Crippen molar-refractivity contribution in [2.24, 2.45) is 5.73 Å². The molecule has 1 unspecified atom stereocenters. The Hall–Kier alpha value is -2.55. The summed E-state index contributed by atoms with van der Waals surface area (Å²) in [6.07, 6.45) is -0.0918. The lowest BCUT2D eigenvalue weighted by Gasteiger charge is -2.35. The maximum atomic E-state index is 13.6. The standard InChI is InChI=1S/C14H12FN3O2/c1-7-5-14(10(6-16)12(17)20-7)9-4-8(15)2-3-11(9)18-13(14)19/h2-4,7H,5,17H2,1H3,(H,18,19)/t7?,14-/m0/s1. The number of nitriles is 1. The summed E-state index contributed by atoms with van der Waals surface area (Å²) in [7, 11) is 0. The van der Waals surface area contributed by atoms with E-state index in [0.29, 0.717) is 11.3 Å². The molecule has 1 spiro atoms. The van der Waals surface area contributed by atoms with Gasteiger partial charge in [0.25, 0.3) is 0 Å².